The second kappa shape index (κ2) is 7.43. The van der Waals surface area contributed by atoms with E-state index in [1.54, 1.807) is 12.1 Å². The van der Waals surface area contributed by atoms with E-state index < -0.39 is 11.9 Å². The molecule has 0 unspecified atom stereocenters. The topological polar surface area (TPSA) is 83.8 Å². The normalized spacial score (nSPS) is 8.65. The summed E-state index contributed by atoms with van der Waals surface area (Å²) in [5.74, 6) is -1.79. The molecule has 0 atom stereocenters. The van der Waals surface area contributed by atoms with Gasteiger partial charge in [-0.2, -0.15) is 5.26 Å². The molecular weight excluding hydrogens is 248 g/mol. The molecule has 6 heteroatoms. The smallest absolute Gasteiger partial charge is 0.374 e. The minimum Gasteiger partial charge on any atom is -0.478 e. The third-order valence-electron chi connectivity index (χ3n) is 1.54. The van der Waals surface area contributed by atoms with Crippen LogP contribution in [0.1, 0.15) is 17.3 Å². The molecule has 17 heavy (non-hydrogen) atoms. The van der Waals surface area contributed by atoms with E-state index in [4.69, 9.17) is 22.0 Å². The number of carboxylic acids is 1. The standard InChI is InChI=1S/C7H5ClO3.C4H6O2/c8-6-4-2-1-3-5(6)7(9)11-10;1-3(2)4(5)6/h1-4,10H;1H2,2H3,(H,5,6). The largest absolute Gasteiger partial charge is 0.478 e. The van der Waals surface area contributed by atoms with Gasteiger partial charge in [-0.1, -0.05) is 30.3 Å². The molecule has 0 aliphatic rings. The van der Waals surface area contributed by atoms with Crippen molar-refractivity contribution >= 4 is 23.5 Å². The molecular formula is C11H11ClO5. The predicted octanol–water partition coefficient (Wildman–Crippen LogP) is 2.62. The molecule has 1 aromatic rings. The fraction of sp³-hybridized carbons (Fsp3) is 0.0909. The average molecular weight is 259 g/mol. The van der Waals surface area contributed by atoms with Crippen LogP contribution in [0.5, 0.6) is 0 Å². The number of carbonyl (C=O) groups excluding carboxylic acids is 1. The molecule has 0 aromatic heterocycles. The lowest BCUT2D eigenvalue weighted by Crippen LogP contribution is -2.01. The van der Waals surface area contributed by atoms with Gasteiger partial charge in [0.25, 0.3) is 0 Å². The number of carboxylic acid groups (broad SMARTS) is 1. The van der Waals surface area contributed by atoms with E-state index in [2.05, 4.69) is 11.5 Å². The lowest BCUT2D eigenvalue weighted by atomic mass is 10.2. The van der Waals surface area contributed by atoms with E-state index in [0.717, 1.165) is 0 Å². The van der Waals surface area contributed by atoms with E-state index in [-0.39, 0.29) is 16.2 Å². The van der Waals surface area contributed by atoms with E-state index in [1.807, 2.05) is 0 Å². The van der Waals surface area contributed by atoms with E-state index in [1.165, 1.54) is 19.1 Å². The molecule has 92 valence electrons. The van der Waals surface area contributed by atoms with Gasteiger partial charge in [0.15, 0.2) is 0 Å². The summed E-state index contributed by atoms with van der Waals surface area (Å²) in [6.45, 7) is 4.60. The van der Waals surface area contributed by atoms with Gasteiger partial charge in [-0.3, -0.25) is 4.89 Å². The van der Waals surface area contributed by atoms with Crippen molar-refractivity contribution in [1.82, 2.24) is 0 Å². The number of aliphatic carboxylic acids is 1. The Kier molecular flexibility index (Phi) is 6.62. The molecule has 0 amide bonds. The number of halogens is 1. The number of hydrogen-bond donors (Lipinski definition) is 2. The zero-order chi connectivity index (χ0) is 13.4. The van der Waals surface area contributed by atoms with Gasteiger partial charge >= 0.3 is 11.9 Å². The first-order chi connectivity index (χ1) is 7.90. The van der Waals surface area contributed by atoms with Gasteiger partial charge in [-0.25, -0.2) is 9.59 Å². The third-order valence-corrected chi connectivity index (χ3v) is 1.87. The lowest BCUT2D eigenvalue weighted by molar-refractivity contribution is -0.182. The van der Waals surface area contributed by atoms with Crippen molar-refractivity contribution < 1.29 is 24.8 Å². The predicted molar refractivity (Wildman–Crippen MR) is 61.9 cm³/mol. The highest BCUT2D eigenvalue weighted by atomic mass is 35.5. The summed E-state index contributed by atoms with van der Waals surface area (Å²) in [4.78, 5) is 23.8. The Bertz CT molecular complexity index is 416. The van der Waals surface area contributed by atoms with Crippen LogP contribution in [0, 0.1) is 0 Å². The summed E-state index contributed by atoms with van der Waals surface area (Å²) < 4.78 is 0. The average Bonchev–Trinajstić information content (AvgIpc) is 2.29. The molecule has 0 fully saturated rings. The monoisotopic (exact) mass is 258 g/mol. The van der Waals surface area contributed by atoms with Crippen LogP contribution in [-0.2, 0) is 9.68 Å². The van der Waals surface area contributed by atoms with E-state index >= 15 is 0 Å². The molecule has 0 radical (unpaired) electrons. The Morgan fingerprint density at radius 1 is 1.35 bits per heavy atom. The molecule has 1 aromatic carbocycles. The molecule has 0 bridgehead atoms. The van der Waals surface area contributed by atoms with E-state index in [9.17, 15) is 9.59 Å². The van der Waals surface area contributed by atoms with E-state index in [0.29, 0.717) is 0 Å². The van der Waals surface area contributed by atoms with Crippen molar-refractivity contribution in [2.24, 2.45) is 0 Å². The van der Waals surface area contributed by atoms with Crippen LogP contribution in [0.2, 0.25) is 5.02 Å². The number of carbonyl (C=O) groups is 2. The molecule has 0 saturated heterocycles. The Hall–Kier alpha value is -1.85. The third kappa shape index (κ3) is 5.70. The Morgan fingerprint density at radius 3 is 2.18 bits per heavy atom. The van der Waals surface area contributed by atoms with Crippen LogP contribution < -0.4 is 0 Å². The SMILES string of the molecule is C=C(C)C(=O)O.O=C(OO)c1ccccc1Cl. The highest BCUT2D eigenvalue weighted by Crippen LogP contribution is 2.15. The van der Waals surface area contributed by atoms with Crippen LogP contribution in [0.4, 0.5) is 0 Å². The van der Waals surface area contributed by atoms with Crippen molar-refractivity contribution in [3.05, 3.63) is 47.0 Å². The van der Waals surface area contributed by atoms with Crippen molar-refractivity contribution in [3.63, 3.8) is 0 Å². The summed E-state index contributed by atoms with van der Waals surface area (Å²) >= 11 is 5.59. The minimum atomic E-state index is -0.935. The van der Waals surface area contributed by atoms with Gasteiger partial charge in [0.2, 0.25) is 0 Å². The Labute approximate surface area is 103 Å². The zero-order valence-corrected chi connectivity index (χ0v) is 9.77. The summed E-state index contributed by atoms with van der Waals surface area (Å²) in [7, 11) is 0. The summed E-state index contributed by atoms with van der Waals surface area (Å²) in [5, 5.41) is 16.2. The quantitative estimate of drug-likeness (QED) is 0.484. The molecule has 0 aliphatic heterocycles. The molecule has 0 heterocycles. The molecule has 1 rings (SSSR count). The lowest BCUT2D eigenvalue weighted by Gasteiger charge is -1.97. The fourth-order valence-electron chi connectivity index (χ4n) is 0.676. The first-order valence-corrected chi connectivity index (χ1v) is 4.77. The van der Waals surface area contributed by atoms with Gasteiger partial charge in [0.1, 0.15) is 0 Å². The molecule has 0 saturated carbocycles. The van der Waals surface area contributed by atoms with Gasteiger partial charge in [-0.05, 0) is 19.1 Å². The molecule has 5 nitrogen and oxygen atoms in total. The Balaban J connectivity index is 0.000000366. The van der Waals surface area contributed by atoms with Crippen molar-refractivity contribution in [1.29, 1.82) is 0 Å². The second-order valence-corrected chi connectivity index (χ2v) is 3.35. The summed E-state index contributed by atoms with van der Waals surface area (Å²) in [6, 6.07) is 6.29. The van der Waals surface area contributed by atoms with Crippen molar-refractivity contribution in [2.45, 2.75) is 6.92 Å². The van der Waals surface area contributed by atoms with Gasteiger partial charge in [0, 0.05) is 5.57 Å². The maximum atomic E-state index is 10.7. The van der Waals surface area contributed by atoms with Crippen LogP contribution in [0.15, 0.2) is 36.4 Å². The summed E-state index contributed by atoms with van der Waals surface area (Å²) in [6.07, 6.45) is 0. The molecule has 0 spiro atoms. The number of benzene rings is 1. The maximum Gasteiger partial charge on any atom is 0.374 e. The minimum absolute atomic E-state index is 0.150. The maximum absolute atomic E-state index is 10.7. The molecule has 0 aliphatic carbocycles. The van der Waals surface area contributed by atoms with Crippen molar-refractivity contribution in [3.8, 4) is 0 Å². The van der Waals surface area contributed by atoms with Crippen LogP contribution in [0.3, 0.4) is 0 Å². The first-order valence-electron chi connectivity index (χ1n) is 4.39. The highest BCUT2D eigenvalue weighted by molar-refractivity contribution is 6.33. The number of hydrogen-bond acceptors (Lipinski definition) is 4. The second-order valence-electron chi connectivity index (χ2n) is 2.94. The molecule has 2 N–H and O–H groups in total. The summed E-state index contributed by atoms with van der Waals surface area (Å²) in [5.41, 5.74) is 0.326. The van der Waals surface area contributed by atoms with Crippen LogP contribution in [0.25, 0.3) is 0 Å². The van der Waals surface area contributed by atoms with Gasteiger partial charge in [0.05, 0.1) is 10.6 Å². The van der Waals surface area contributed by atoms with Crippen molar-refractivity contribution in [2.75, 3.05) is 0 Å². The van der Waals surface area contributed by atoms with Crippen LogP contribution >= 0.6 is 11.6 Å². The number of rotatable bonds is 2. The fourth-order valence-corrected chi connectivity index (χ4v) is 0.889. The first kappa shape index (κ1) is 15.2. The Morgan fingerprint density at radius 2 is 1.82 bits per heavy atom. The van der Waals surface area contributed by atoms with Gasteiger partial charge in [-0.15, -0.1) is 0 Å². The van der Waals surface area contributed by atoms with Gasteiger partial charge < -0.3 is 5.11 Å². The highest BCUT2D eigenvalue weighted by Gasteiger charge is 2.09. The zero-order valence-electron chi connectivity index (χ0n) is 9.01. The van der Waals surface area contributed by atoms with Crippen LogP contribution in [-0.4, -0.2) is 22.3 Å².